The minimum absolute atomic E-state index is 0.0752. The van der Waals surface area contributed by atoms with Gasteiger partial charge in [0.2, 0.25) is 4.74 Å². The molecule has 3 aromatic rings. The molecule has 0 aliphatic heterocycles. The Balaban J connectivity index is 2.66. The van der Waals surface area contributed by atoms with Gasteiger partial charge in [0.1, 0.15) is 5.58 Å². The van der Waals surface area contributed by atoms with Crippen LogP contribution in [0.15, 0.2) is 45.8 Å². The summed E-state index contributed by atoms with van der Waals surface area (Å²) in [6, 6.07) is 9.24. The summed E-state index contributed by atoms with van der Waals surface area (Å²) < 4.78 is 6.35. The van der Waals surface area contributed by atoms with Gasteiger partial charge < -0.3 is 4.42 Å². The average Bonchev–Trinajstić information content (AvgIpc) is 2.65. The molecule has 1 aromatic carbocycles. The second-order valence-electron chi connectivity index (χ2n) is 3.07. The summed E-state index contributed by atoms with van der Waals surface area (Å²) >= 11 is 1.26. The van der Waals surface area contributed by atoms with Crippen molar-refractivity contribution < 1.29 is 4.42 Å². The number of rotatable bonds is 0. The zero-order valence-corrected chi connectivity index (χ0v) is 8.01. The fourth-order valence-electron chi connectivity index (χ4n) is 1.57. The highest BCUT2D eigenvalue weighted by Crippen LogP contribution is 2.27. The molecule has 0 aliphatic carbocycles. The molecule has 0 amide bonds. The van der Waals surface area contributed by atoms with Crippen molar-refractivity contribution in [2.45, 2.75) is 0 Å². The van der Waals surface area contributed by atoms with Crippen molar-refractivity contribution in [3.63, 3.8) is 0 Å². The highest BCUT2D eigenvalue weighted by atomic mass is 32.1. The molecule has 14 heavy (non-hydrogen) atoms. The van der Waals surface area contributed by atoms with Crippen molar-refractivity contribution in [2.75, 3.05) is 0 Å². The number of benzene rings is 1. The Labute approximate surface area is 83.4 Å². The molecule has 0 bridgehead atoms. The molecule has 2 aromatic heterocycles. The van der Waals surface area contributed by atoms with Crippen molar-refractivity contribution in [1.29, 1.82) is 0 Å². The Morgan fingerprint density at radius 3 is 2.86 bits per heavy atom. The molecule has 0 unspecified atom stereocenters. The quantitative estimate of drug-likeness (QED) is 0.561. The Morgan fingerprint density at radius 1 is 1.07 bits per heavy atom. The first kappa shape index (κ1) is 7.76. The van der Waals surface area contributed by atoms with Gasteiger partial charge in [-0.15, -0.1) is 0 Å². The number of hydrogen-bond acceptors (Lipinski definition) is 3. The van der Waals surface area contributed by atoms with Crippen LogP contribution in [0, 0.1) is 0 Å². The smallest absolute Gasteiger partial charge is 0.232 e. The van der Waals surface area contributed by atoms with Crippen LogP contribution in [-0.4, -0.2) is 0 Å². The SMILES string of the molecule is O=c1ccc2ccc3occc3c2s1. The molecule has 0 saturated heterocycles. The molecule has 2 heterocycles. The lowest BCUT2D eigenvalue weighted by atomic mass is 10.2. The molecule has 0 aliphatic rings. The van der Waals surface area contributed by atoms with Gasteiger partial charge in [0, 0.05) is 10.1 Å². The maximum Gasteiger partial charge on any atom is 0.232 e. The highest BCUT2D eigenvalue weighted by molar-refractivity contribution is 7.17. The lowest BCUT2D eigenvalue weighted by Gasteiger charge is -1.95. The van der Waals surface area contributed by atoms with E-state index in [4.69, 9.17) is 4.42 Å². The minimum atomic E-state index is 0.0752. The number of hydrogen-bond donors (Lipinski definition) is 0. The van der Waals surface area contributed by atoms with Crippen LogP contribution in [0.1, 0.15) is 0 Å². The van der Waals surface area contributed by atoms with Gasteiger partial charge >= 0.3 is 0 Å². The monoisotopic (exact) mass is 202 g/mol. The van der Waals surface area contributed by atoms with Crippen molar-refractivity contribution >= 4 is 32.4 Å². The highest BCUT2D eigenvalue weighted by Gasteiger charge is 2.03. The van der Waals surface area contributed by atoms with Crippen molar-refractivity contribution in [2.24, 2.45) is 0 Å². The summed E-state index contributed by atoms with van der Waals surface area (Å²) in [5.41, 5.74) is 0.833. The average molecular weight is 202 g/mol. The van der Waals surface area contributed by atoms with Crippen LogP contribution in [0.5, 0.6) is 0 Å². The van der Waals surface area contributed by atoms with Crippen LogP contribution in [0.3, 0.4) is 0 Å². The van der Waals surface area contributed by atoms with E-state index in [2.05, 4.69) is 0 Å². The van der Waals surface area contributed by atoms with Gasteiger partial charge in [-0.1, -0.05) is 11.3 Å². The first-order valence-electron chi connectivity index (χ1n) is 4.25. The second kappa shape index (κ2) is 2.69. The lowest BCUT2D eigenvalue weighted by molar-refractivity contribution is 0.616. The molecule has 3 heteroatoms. The summed E-state index contributed by atoms with van der Waals surface area (Å²) in [7, 11) is 0. The van der Waals surface area contributed by atoms with Gasteiger partial charge in [-0.05, 0) is 35.7 Å². The van der Waals surface area contributed by atoms with E-state index in [0.29, 0.717) is 0 Å². The molecule has 0 N–H and O–H groups in total. The van der Waals surface area contributed by atoms with E-state index in [-0.39, 0.29) is 4.74 Å². The van der Waals surface area contributed by atoms with Gasteiger partial charge in [0.05, 0.1) is 6.26 Å². The molecule has 68 valence electrons. The van der Waals surface area contributed by atoms with Crippen LogP contribution < -0.4 is 4.74 Å². The van der Waals surface area contributed by atoms with E-state index in [1.54, 1.807) is 12.3 Å². The van der Waals surface area contributed by atoms with Crippen LogP contribution in [0.4, 0.5) is 0 Å². The van der Waals surface area contributed by atoms with Gasteiger partial charge in [0.15, 0.2) is 0 Å². The van der Waals surface area contributed by atoms with Crippen LogP contribution >= 0.6 is 11.3 Å². The third-order valence-electron chi connectivity index (χ3n) is 2.22. The fraction of sp³-hybridized carbons (Fsp3) is 0. The predicted octanol–water partition coefficient (Wildman–Crippen LogP) is 3.01. The normalized spacial score (nSPS) is 11.1. The fourth-order valence-corrected chi connectivity index (χ4v) is 2.44. The minimum Gasteiger partial charge on any atom is -0.464 e. The van der Waals surface area contributed by atoms with E-state index < -0.39 is 0 Å². The van der Waals surface area contributed by atoms with E-state index in [9.17, 15) is 4.79 Å². The molecular formula is C11H6O2S. The first-order chi connectivity index (χ1) is 6.84. The number of furan rings is 1. The third kappa shape index (κ3) is 0.992. The molecule has 0 spiro atoms. The summed E-state index contributed by atoms with van der Waals surface area (Å²) in [6.45, 7) is 0. The van der Waals surface area contributed by atoms with Crippen molar-refractivity contribution in [1.82, 2.24) is 0 Å². The van der Waals surface area contributed by atoms with Crippen LogP contribution in [0.2, 0.25) is 0 Å². The summed E-state index contributed by atoms with van der Waals surface area (Å²) in [5.74, 6) is 0. The molecular weight excluding hydrogens is 196 g/mol. The molecule has 0 fully saturated rings. The van der Waals surface area contributed by atoms with E-state index in [1.165, 1.54) is 11.3 Å². The summed E-state index contributed by atoms with van der Waals surface area (Å²) in [5, 5.41) is 2.11. The number of fused-ring (bicyclic) bond motifs is 3. The second-order valence-corrected chi connectivity index (χ2v) is 4.09. The molecule has 3 rings (SSSR count). The van der Waals surface area contributed by atoms with Gasteiger partial charge in [-0.2, -0.15) is 0 Å². The van der Waals surface area contributed by atoms with Crippen LogP contribution in [0.25, 0.3) is 21.1 Å². The van der Waals surface area contributed by atoms with Crippen molar-refractivity contribution in [3.8, 4) is 0 Å². The van der Waals surface area contributed by atoms with Gasteiger partial charge in [-0.3, -0.25) is 4.79 Å². The third-order valence-corrected chi connectivity index (χ3v) is 3.21. The Kier molecular flexibility index (Phi) is 1.49. The zero-order valence-electron chi connectivity index (χ0n) is 7.19. The Morgan fingerprint density at radius 2 is 1.93 bits per heavy atom. The Bertz CT molecular complexity index is 663. The van der Waals surface area contributed by atoms with Crippen molar-refractivity contribution in [3.05, 3.63) is 46.1 Å². The van der Waals surface area contributed by atoms with E-state index >= 15 is 0 Å². The van der Waals surface area contributed by atoms with Gasteiger partial charge in [0.25, 0.3) is 0 Å². The Hall–Kier alpha value is -1.61. The van der Waals surface area contributed by atoms with Crippen LogP contribution in [-0.2, 0) is 0 Å². The zero-order chi connectivity index (χ0) is 9.54. The summed E-state index contributed by atoms with van der Waals surface area (Å²) in [6.07, 6.45) is 1.65. The van der Waals surface area contributed by atoms with E-state index in [0.717, 1.165) is 21.1 Å². The topological polar surface area (TPSA) is 30.2 Å². The standard InChI is InChI=1S/C11H6O2S/c12-10-4-2-7-1-3-9-8(5-6-13-9)11(7)14-10/h1-6H. The molecule has 2 nitrogen and oxygen atoms in total. The van der Waals surface area contributed by atoms with E-state index in [1.807, 2.05) is 24.3 Å². The summed E-state index contributed by atoms with van der Waals surface area (Å²) in [4.78, 5) is 11.2. The largest absolute Gasteiger partial charge is 0.464 e. The molecule has 0 atom stereocenters. The molecule has 0 radical (unpaired) electrons. The molecule has 0 saturated carbocycles. The first-order valence-corrected chi connectivity index (χ1v) is 5.06. The predicted molar refractivity (Wildman–Crippen MR) is 57.9 cm³/mol. The maximum atomic E-state index is 11.2. The van der Waals surface area contributed by atoms with Gasteiger partial charge in [-0.25, -0.2) is 0 Å². The maximum absolute atomic E-state index is 11.2. The lowest BCUT2D eigenvalue weighted by Crippen LogP contribution is -1.88.